The van der Waals surface area contributed by atoms with Crippen LogP contribution in [0.1, 0.15) is 10.4 Å². The van der Waals surface area contributed by atoms with Crippen LogP contribution in [0.2, 0.25) is 0 Å². The van der Waals surface area contributed by atoms with Gasteiger partial charge in [-0.05, 0) is 24.3 Å². The van der Waals surface area contributed by atoms with Crippen molar-refractivity contribution in [1.29, 1.82) is 0 Å². The van der Waals surface area contributed by atoms with Crippen molar-refractivity contribution in [2.75, 3.05) is 0 Å². The molecule has 0 aliphatic heterocycles. The van der Waals surface area contributed by atoms with E-state index in [1.807, 2.05) is 0 Å². The third kappa shape index (κ3) is 2.52. The fourth-order valence-corrected chi connectivity index (χ4v) is 1.48. The molecular formula is C13H7F3O3. The lowest BCUT2D eigenvalue weighted by molar-refractivity contribution is 0.0689. The number of hydrogen-bond acceptors (Lipinski definition) is 2. The van der Waals surface area contributed by atoms with Gasteiger partial charge in [-0.15, -0.1) is 0 Å². The van der Waals surface area contributed by atoms with Crippen LogP contribution < -0.4 is 4.74 Å². The Labute approximate surface area is 105 Å². The van der Waals surface area contributed by atoms with Crippen molar-refractivity contribution in [2.45, 2.75) is 0 Å². The molecule has 0 saturated heterocycles. The van der Waals surface area contributed by atoms with Gasteiger partial charge in [0.15, 0.2) is 11.6 Å². The SMILES string of the molecule is O=C(O)c1c(F)cccc1Oc1cccc(F)c1F. The van der Waals surface area contributed by atoms with Crippen LogP contribution in [0.4, 0.5) is 13.2 Å². The molecule has 1 N–H and O–H groups in total. The first-order valence-corrected chi connectivity index (χ1v) is 5.14. The Balaban J connectivity index is 2.47. The van der Waals surface area contributed by atoms with Gasteiger partial charge >= 0.3 is 5.97 Å². The highest BCUT2D eigenvalue weighted by molar-refractivity contribution is 5.91. The van der Waals surface area contributed by atoms with E-state index in [0.717, 1.165) is 24.3 Å². The summed E-state index contributed by atoms with van der Waals surface area (Å²) < 4.78 is 44.6. The molecule has 0 radical (unpaired) electrons. The Hall–Kier alpha value is -2.50. The van der Waals surface area contributed by atoms with Crippen LogP contribution >= 0.6 is 0 Å². The molecule has 0 unspecified atom stereocenters. The zero-order chi connectivity index (χ0) is 14.0. The second-order valence-corrected chi connectivity index (χ2v) is 3.57. The molecule has 0 bridgehead atoms. The average Bonchev–Trinajstić information content (AvgIpc) is 2.34. The molecule has 2 rings (SSSR count). The zero-order valence-electron chi connectivity index (χ0n) is 9.36. The number of rotatable bonds is 3. The summed E-state index contributed by atoms with van der Waals surface area (Å²) in [6.07, 6.45) is 0. The van der Waals surface area contributed by atoms with E-state index >= 15 is 0 Å². The van der Waals surface area contributed by atoms with Crippen LogP contribution in [0, 0.1) is 17.5 Å². The van der Waals surface area contributed by atoms with E-state index in [4.69, 9.17) is 9.84 Å². The maximum Gasteiger partial charge on any atom is 0.342 e. The fraction of sp³-hybridized carbons (Fsp3) is 0. The van der Waals surface area contributed by atoms with E-state index in [1.54, 1.807) is 0 Å². The van der Waals surface area contributed by atoms with E-state index in [-0.39, 0.29) is 0 Å². The van der Waals surface area contributed by atoms with Gasteiger partial charge in [-0.3, -0.25) is 0 Å². The van der Waals surface area contributed by atoms with E-state index in [2.05, 4.69) is 0 Å². The molecule has 3 nitrogen and oxygen atoms in total. The van der Waals surface area contributed by atoms with Crippen molar-refractivity contribution in [2.24, 2.45) is 0 Å². The van der Waals surface area contributed by atoms with Crippen LogP contribution in [-0.2, 0) is 0 Å². The molecule has 98 valence electrons. The van der Waals surface area contributed by atoms with Crippen LogP contribution in [0.3, 0.4) is 0 Å². The predicted molar refractivity (Wildman–Crippen MR) is 59.8 cm³/mol. The summed E-state index contributed by atoms with van der Waals surface area (Å²) in [7, 11) is 0. The second kappa shape index (κ2) is 5.01. The smallest absolute Gasteiger partial charge is 0.342 e. The quantitative estimate of drug-likeness (QED) is 0.925. The van der Waals surface area contributed by atoms with Gasteiger partial charge in [-0.1, -0.05) is 12.1 Å². The van der Waals surface area contributed by atoms with Crippen molar-refractivity contribution in [3.63, 3.8) is 0 Å². The zero-order valence-corrected chi connectivity index (χ0v) is 9.36. The number of carboxylic acids is 1. The monoisotopic (exact) mass is 268 g/mol. The molecule has 6 heteroatoms. The maximum absolute atomic E-state index is 13.4. The third-order valence-corrected chi connectivity index (χ3v) is 2.33. The minimum absolute atomic E-state index is 0.406. The van der Waals surface area contributed by atoms with E-state index in [0.29, 0.717) is 0 Å². The summed E-state index contributed by atoms with van der Waals surface area (Å²) in [5.74, 6) is -5.94. The summed E-state index contributed by atoms with van der Waals surface area (Å²) in [6, 6.07) is 6.46. The molecule has 2 aromatic carbocycles. The normalized spacial score (nSPS) is 10.3. The molecule has 0 aliphatic carbocycles. The van der Waals surface area contributed by atoms with Crippen molar-refractivity contribution in [3.05, 3.63) is 59.4 Å². The molecule has 0 aliphatic rings. The Kier molecular flexibility index (Phi) is 3.41. The lowest BCUT2D eigenvalue weighted by Gasteiger charge is -2.10. The number of hydrogen-bond donors (Lipinski definition) is 1. The summed E-state index contributed by atoms with van der Waals surface area (Å²) in [6.45, 7) is 0. The largest absolute Gasteiger partial charge is 0.477 e. The molecule has 0 amide bonds. The van der Waals surface area contributed by atoms with Gasteiger partial charge in [0, 0.05) is 0 Å². The first-order valence-electron chi connectivity index (χ1n) is 5.14. The lowest BCUT2D eigenvalue weighted by atomic mass is 10.2. The Morgan fingerprint density at radius 1 is 0.947 bits per heavy atom. The maximum atomic E-state index is 13.4. The van der Waals surface area contributed by atoms with Crippen LogP contribution in [0.15, 0.2) is 36.4 Å². The minimum Gasteiger partial charge on any atom is -0.477 e. The number of aromatic carboxylic acids is 1. The van der Waals surface area contributed by atoms with Crippen molar-refractivity contribution in [3.8, 4) is 11.5 Å². The number of benzene rings is 2. The summed E-state index contributed by atoms with van der Waals surface area (Å²) in [5.41, 5.74) is -0.744. The minimum atomic E-state index is -1.56. The molecule has 0 saturated carbocycles. The highest BCUT2D eigenvalue weighted by atomic mass is 19.2. The number of carbonyl (C=O) groups is 1. The summed E-state index contributed by atoms with van der Waals surface area (Å²) >= 11 is 0. The Morgan fingerprint density at radius 3 is 2.16 bits per heavy atom. The lowest BCUT2D eigenvalue weighted by Crippen LogP contribution is -2.04. The summed E-state index contributed by atoms with van der Waals surface area (Å²) in [4.78, 5) is 10.9. The van der Waals surface area contributed by atoms with Gasteiger partial charge in [0.1, 0.15) is 17.1 Å². The van der Waals surface area contributed by atoms with Crippen LogP contribution in [0.5, 0.6) is 11.5 Å². The third-order valence-electron chi connectivity index (χ3n) is 2.33. The van der Waals surface area contributed by atoms with Crippen molar-refractivity contribution in [1.82, 2.24) is 0 Å². The molecule has 2 aromatic rings. The number of ether oxygens (including phenoxy) is 1. The van der Waals surface area contributed by atoms with Crippen molar-refractivity contribution >= 4 is 5.97 Å². The van der Waals surface area contributed by atoms with Gasteiger partial charge in [-0.25, -0.2) is 13.6 Å². The molecule has 0 atom stereocenters. The molecule has 0 heterocycles. The predicted octanol–water partition coefficient (Wildman–Crippen LogP) is 3.59. The van der Waals surface area contributed by atoms with Crippen LogP contribution in [-0.4, -0.2) is 11.1 Å². The standard InChI is InChI=1S/C13H7F3O3/c14-7-3-1-5-9(11(7)13(17)18)19-10-6-2-4-8(15)12(10)16/h1-6H,(H,17,18). The number of carboxylic acid groups (broad SMARTS) is 1. The van der Waals surface area contributed by atoms with Gasteiger partial charge in [-0.2, -0.15) is 4.39 Å². The average molecular weight is 268 g/mol. The first-order chi connectivity index (χ1) is 9.00. The summed E-state index contributed by atoms with van der Waals surface area (Å²) in [5, 5.41) is 8.86. The van der Waals surface area contributed by atoms with Crippen LogP contribution in [0.25, 0.3) is 0 Å². The Bertz CT molecular complexity index is 641. The highest BCUT2D eigenvalue weighted by Crippen LogP contribution is 2.29. The molecule has 0 spiro atoms. The van der Waals surface area contributed by atoms with Gasteiger partial charge in [0.25, 0.3) is 0 Å². The van der Waals surface area contributed by atoms with Gasteiger partial charge in [0.05, 0.1) is 0 Å². The van der Waals surface area contributed by atoms with Crippen molar-refractivity contribution < 1.29 is 27.8 Å². The van der Waals surface area contributed by atoms with E-state index in [9.17, 15) is 18.0 Å². The van der Waals surface area contributed by atoms with E-state index in [1.165, 1.54) is 12.1 Å². The van der Waals surface area contributed by atoms with E-state index < -0.39 is 40.5 Å². The molecular weight excluding hydrogens is 261 g/mol. The van der Waals surface area contributed by atoms with Gasteiger partial charge in [0.2, 0.25) is 5.82 Å². The molecule has 19 heavy (non-hydrogen) atoms. The first kappa shape index (κ1) is 12.9. The second-order valence-electron chi connectivity index (χ2n) is 3.57. The Morgan fingerprint density at radius 2 is 1.53 bits per heavy atom. The topological polar surface area (TPSA) is 46.5 Å². The molecule has 0 aromatic heterocycles. The fourth-order valence-electron chi connectivity index (χ4n) is 1.48. The highest BCUT2D eigenvalue weighted by Gasteiger charge is 2.19. The molecule has 0 fully saturated rings. The van der Waals surface area contributed by atoms with Gasteiger partial charge < -0.3 is 9.84 Å². The number of halogens is 3.